The molecule has 2 aromatic carbocycles. The minimum absolute atomic E-state index is 0.0947. The van der Waals surface area contributed by atoms with Crippen LogP contribution in [-0.4, -0.2) is 11.7 Å². The van der Waals surface area contributed by atoms with Gasteiger partial charge in [0.15, 0.2) is 0 Å². The van der Waals surface area contributed by atoms with E-state index in [1.165, 1.54) is 6.07 Å². The smallest absolute Gasteiger partial charge is 0.131 e. The van der Waals surface area contributed by atoms with Gasteiger partial charge in [0.1, 0.15) is 11.6 Å². The highest BCUT2D eigenvalue weighted by Crippen LogP contribution is 2.33. The summed E-state index contributed by atoms with van der Waals surface area (Å²) in [6.07, 6.45) is -1.32. The second kappa shape index (κ2) is 6.33. The first-order valence-corrected chi connectivity index (χ1v) is 6.85. The average Bonchev–Trinajstić information content (AvgIpc) is 2.43. The molecule has 4 heteroatoms. The lowest BCUT2D eigenvalue weighted by atomic mass is 9.87. The molecule has 0 spiro atoms. The van der Waals surface area contributed by atoms with Crippen molar-refractivity contribution in [2.45, 2.75) is 25.9 Å². The molecule has 0 bridgehead atoms. The molecule has 21 heavy (non-hydrogen) atoms. The lowest BCUT2D eigenvalue weighted by molar-refractivity contribution is 0.138. The molecule has 0 heterocycles. The van der Waals surface area contributed by atoms with E-state index in [1.807, 2.05) is 32.0 Å². The maximum Gasteiger partial charge on any atom is 0.131 e. The first-order valence-electron chi connectivity index (χ1n) is 6.85. The van der Waals surface area contributed by atoms with Crippen LogP contribution in [0, 0.1) is 25.5 Å². The molecule has 112 valence electrons. The van der Waals surface area contributed by atoms with Gasteiger partial charge in [0.05, 0.1) is 11.7 Å². The third-order valence-corrected chi connectivity index (χ3v) is 3.89. The maximum absolute atomic E-state index is 13.8. The zero-order chi connectivity index (χ0) is 15.6. The summed E-state index contributed by atoms with van der Waals surface area (Å²) >= 11 is 0. The number of hydrogen-bond acceptors (Lipinski definition) is 2. The summed E-state index contributed by atoms with van der Waals surface area (Å²) in [5.74, 6) is -2.08. The molecule has 2 nitrogen and oxygen atoms in total. The Hall–Kier alpha value is -1.78. The Labute approximate surface area is 123 Å². The van der Waals surface area contributed by atoms with Crippen molar-refractivity contribution in [1.82, 2.24) is 0 Å². The Morgan fingerprint density at radius 2 is 1.67 bits per heavy atom. The van der Waals surface area contributed by atoms with Gasteiger partial charge in [-0.05, 0) is 42.7 Å². The van der Waals surface area contributed by atoms with Crippen molar-refractivity contribution in [1.29, 1.82) is 0 Å². The minimum Gasteiger partial charge on any atom is -0.388 e. The second-order valence-electron chi connectivity index (χ2n) is 5.27. The summed E-state index contributed by atoms with van der Waals surface area (Å²) in [4.78, 5) is 0. The molecule has 2 aromatic rings. The Morgan fingerprint density at radius 3 is 2.19 bits per heavy atom. The van der Waals surface area contributed by atoms with Crippen LogP contribution in [0.1, 0.15) is 34.3 Å². The van der Waals surface area contributed by atoms with Crippen LogP contribution in [0.15, 0.2) is 36.4 Å². The van der Waals surface area contributed by atoms with Crippen molar-refractivity contribution in [2.75, 3.05) is 6.54 Å². The van der Waals surface area contributed by atoms with Gasteiger partial charge in [0.2, 0.25) is 0 Å². The number of nitrogens with two attached hydrogens (primary N) is 1. The number of aliphatic hydroxyl groups is 1. The SMILES string of the molecule is Cc1ccc(C(CN)C(O)c2c(F)cccc2F)cc1C. The Balaban J connectivity index is 2.43. The molecule has 2 rings (SSSR count). The Kier molecular flexibility index (Phi) is 4.70. The molecule has 3 N–H and O–H groups in total. The highest BCUT2D eigenvalue weighted by Gasteiger charge is 2.27. The van der Waals surface area contributed by atoms with E-state index in [9.17, 15) is 13.9 Å². The molecule has 2 unspecified atom stereocenters. The fourth-order valence-corrected chi connectivity index (χ4v) is 2.44. The fourth-order valence-electron chi connectivity index (χ4n) is 2.44. The van der Waals surface area contributed by atoms with E-state index in [4.69, 9.17) is 5.73 Å². The highest BCUT2D eigenvalue weighted by atomic mass is 19.1. The van der Waals surface area contributed by atoms with Gasteiger partial charge in [0.25, 0.3) is 0 Å². The lowest BCUT2D eigenvalue weighted by Crippen LogP contribution is -2.22. The van der Waals surface area contributed by atoms with Crippen LogP contribution in [0.4, 0.5) is 8.78 Å². The summed E-state index contributed by atoms with van der Waals surface area (Å²) in [6, 6.07) is 9.19. The molecule has 0 fully saturated rings. The predicted octanol–water partition coefficient (Wildman–Crippen LogP) is 3.36. The largest absolute Gasteiger partial charge is 0.388 e. The van der Waals surface area contributed by atoms with E-state index in [1.54, 1.807) is 0 Å². The van der Waals surface area contributed by atoms with Crippen LogP contribution in [-0.2, 0) is 0 Å². The number of rotatable bonds is 4. The van der Waals surface area contributed by atoms with Crippen molar-refractivity contribution in [3.63, 3.8) is 0 Å². The maximum atomic E-state index is 13.8. The second-order valence-corrected chi connectivity index (χ2v) is 5.27. The van der Waals surface area contributed by atoms with E-state index in [0.29, 0.717) is 0 Å². The predicted molar refractivity (Wildman–Crippen MR) is 79.0 cm³/mol. The van der Waals surface area contributed by atoms with Crippen molar-refractivity contribution in [3.05, 3.63) is 70.3 Å². The van der Waals surface area contributed by atoms with Crippen LogP contribution < -0.4 is 5.73 Å². The molecule has 0 aromatic heterocycles. The van der Waals surface area contributed by atoms with E-state index in [0.717, 1.165) is 28.8 Å². The van der Waals surface area contributed by atoms with E-state index >= 15 is 0 Å². The van der Waals surface area contributed by atoms with Crippen LogP contribution in [0.25, 0.3) is 0 Å². The summed E-state index contributed by atoms with van der Waals surface area (Å²) in [6.45, 7) is 4.02. The highest BCUT2D eigenvalue weighted by molar-refractivity contribution is 5.35. The van der Waals surface area contributed by atoms with Crippen molar-refractivity contribution in [3.8, 4) is 0 Å². The monoisotopic (exact) mass is 291 g/mol. The van der Waals surface area contributed by atoms with Gasteiger partial charge < -0.3 is 10.8 Å². The van der Waals surface area contributed by atoms with Gasteiger partial charge in [0, 0.05) is 12.5 Å². The molecule has 0 amide bonds. The van der Waals surface area contributed by atoms with Gasteiger partial charge in [-0.25, -0.2) is 8.78 Å². The minimum atomic E-state index is -1.32. The van der Waals surface area contributed by atoms with Crippen LogP contribution in [0.2, 0.25) is 0 Å². The van der Waals surface area contributed by atoms with Gasteiger partial charge >= 0.3 is 0 Å². The number of hydrogen-bond donors (Lipinski definition) is 2. The van der Waals surface area contributed by atoms with Gasteiger partial charge in [-0.1, -0.05) is 24.3 Å². The van der Waals surface area contributed by atoms with E-state index in [2.05, 4.69) is 0 Å². The quantitative estimate of drug-likeness (QED) is 0.907. The summed E-state index contributed by atoms with van der Waals surface area (Å²) in [5, 5.41) is 10.4. The van der Waals surface area contributed by atoms with Crippen molar-refractivity contribution < 1.29 is 13.9 Å². The Morgan fingerprint density at radius 1 is 1.05 bits per heavy atom. The molecule has 0 radical (unpaired) electrons. The van der Waals surface area contributed by atoms with Crippen molar-refractivity contribution >= 4 is 0 Å². The first-order chi connectivity index (χ1) is 9.95. The standard InChI is InChI=1S/C17H19F2NO/c1-10-6-7-12(8-11(10)2)13(9-20)17(21)16-14(18)4-3-5-15(16)19/h3-8,13,17,21H,9,20H2,1-2H3. The molecular formula is C17H19F2NO. The lowest BCUT2D eigenvalue weighted by Gasteiger charge is -2.23. The molecule has 0 aliphatic carbocycles. The molecule has 0 saturated carbocycles. The van der Waals surface area contributed by atoms with Crippen LogP contribution in [0.3, 0.4) is 0 Å². The number of halogens is 2. The number of benzene rings is 2. The number of aliphatic hydroxyl groups excluding tert-OH is 1. The molecule has 0 aliphatic heterocycles. The molecule has 2 atom stereocenters. The fraction of sp³-hybridized carbons (Fsp3) is 0.294. The topological polar surface area (TPSA) is 46.2 Å². The molecular weight excluding hydrogens is 272 g/mol. The summed E-state index contributed by atoms with van der Waals surface area (Å²) in [5.41, 5.74) is 8.33. The van der Waals surface area contributed by atoms with Gasteiger partial charge in [-0.3, -0.25) is 0 Å². The third-order valence-electron chi connectivity index (χ3n) is 3.89. The van der Waals surface area contributed by atoms with E-state index < -0.39 is 23.7 Å². The summed E-state index contributed by atoms with van der Waals surface area (Å²) in [7, 11) is 0. The third kappa shape index (κ3) is 3.12. The van der Waals surface area contributed by atoms with Crippen LogP contribution >= 0.6 is 0 Å². The normalized spacial score (nSPS) is 14.0. The average molecular weight is 291 g/mol. The first kappa shape index (κ1) is 15.6. The van der Waals surface area contributed by atoms with E-state index in [-0.39, 0.29) is 12.1 Å². The van der Waals surface area contributed by atoms with Crippen LogP contribution in [0.5, 0.6) is 0 Å². The van der Waals surface area contributed by atoms with Gasteiger partial charge in [-0.15, -0.1) is 0 Å². The molecule has 0 aliphatic rings. The zero-order valence-corrected chi connectivity index (χ0v) is 12.1. The zero-order valence-electron chi connectivity index (χ0n) is 12.1. The van der Waals surface area contributed by atoms with Gasteiger partial charge in [-0.2, -0.15) is 0 Å². The number of aryl methyl sites for hydroxylation is 2. The summed E-state index contributed by atoms with van der Waals surface area (Å²) < 4.78 is 27.6. The molecule has 0 saturated heterocycles. The van der Waals surface area contributed by atoms with Crippen molar-refractivity contribution in [2.24, 2.45) is 5.73 Å². The Bertz CT molecular complexity index is 622.